The van der Waals surface area contributed by atoms with E-state index < -0.39 is 5.97 Å². The molecule has 2 aliphatic heterocycles. The van der Waals surface area contributed by atoms with E-state index in [2.05, 4.69) is 102 Å². The molecule has 396 valence electrons. The Morgan fingerprint density at radius 1 is 0.528 bits per heavy atom. The van der Waals surface area contributed by atoms with E-state index in [1.165, 1.54) is 61.4 Å². The number of amides is 4. The van der Waals surface area contributed by atoms with Crippen LogP contribution in [0.15, 0.2) is 179 Å². The van der Waals surface area contributed by atoms with Crippen LogP contribution in [0.1, 0.15) is 119 Å². The number of anilines is 2. The predicted molar refractivity (Wildman–Crippen MR) is 305 cm³/mol. The Kier molecular flexibility index (Phi) is 59.1. The maximum atomic E-state index is 11.4. The van der Waals surface area contributed by atoms with Gasteiger partial charge >= 0.3 is 5.97 Å². The highest BCUT2D eigenvalue weighted by Crippen LogP contribution is 2.20. The van der Waals surface area contributed by atoms with Gasteiger partial charge in [0.2, 0.25) is 0 Å². The summed E-state index contributed by atoms with van der Waals surface area (Å²) in [4.78, 5) is 79.3. The van der Waals surface area contributed by atoms with Crippen LogP contribution in [0.2, 0.25) is 0 Å². The van der Waals surface area contributed by atoms with Gasteiger partial charge in [0.15, 0.2) is 11.6 Å². The zero-order valence-electron chi connectivity index (χ0n) is 44.8. The minimum atomic E-state index is -0.421. The fourth-order valence-electron chi connectivity index (χ4n) is 4.42. The Bertz CT molecular complexity index is 2160. The standard InChI is InChI=1S/C12H9NO3.C11H9NO2.C9H10O.C8H10.C5H6O2.C3H8.C3H6.2C2H6.2C2H4.CH4.2H2O/c1-8(14)9-2-4-10(5-3-9)13-11(15)6-7-12(13)16;1-8-2-4-9(5-3-8)12-10(13)6-7-11(12)14;1-7-3-5-9(6-4-7)8(2)10;1-7-3-5-8(2)6-4-7;1-3-4-5(6)7-2;2*1-3-2;4*1-2;;;/h2-7H,1H3;2-7H,1H3;3-6H,1-2H3;3-6H,1-2H3;4H,1H2,2H3;3H2,1-2H3;3H,1H2,2H3;2*1-2H3;2*1-2H2;1H4;2*1H2. The first-order valence-corrected chi connectivity index (χ1v) is 22.3. The normalized spacial score (nSPS) is 9.92. The van der Waals surface area contributed by atoms with Crippen LogP contribution in [0.4, 0.5) is 11.4 Å². The smallest absolute Gasteiger partial charge is 0.338 e. The second kappa shape index (κ2) is 52.5. The van der Waals surface area contributed by atoms with Crippen LogP contribution in [0, 0.1) is 27.7 Å². The Hall–Kier alpha value is -7.89. The molecule has 0 bridgehead atoms. The summed E-state index contributed by atoms with van der Waals surface area (Å²) < 4.78 is 4.19. The lowest BCUT2D eigenvalue weighted by molar-refractivity contribution is -0.135. The molecule has 0 fully saturated rings. The maximum absolute atomic E-state index is 11.4. The van der Waals surface area contributed by atoms with E-state index in [0.717, 1.165) is 27.0 Å². The predicted octanol–water partition coefficient (Wildman–Crippen LogP) is 13.0. The lowest BCUT2D eigenvalue weighted by Gasteiger charge is -2.13. The molecule has 2 aliphatic rings. The van der Waals surface area contributed by atoms with Crippen LogP contribution in [0.25, 0.3) is 0 Å². The van der Waals surface area contributed by atoms with E-state index >= 15 is 0 Å². The van der Waals surface area contributed by atoms with Crippen LogP contribution in [0.5, 0.6) is 0 Å². The number of benzene rings is 4. The van der Waals surface area contributed by atoms with Crippen molar-refractivity contribution >= 4 is 52.5 Å². The van der Waals surface area contributed by atoms with Crippen molar-refractivity contribution in [2.24, 2.45) is 0 Å². The molecular formula is C60H86N2O10. The fraction of sp³-hybridized carbons (Fsp3) is 0.267. The molecule has 4 N–H and O–H groups in total. The summed E-state index contributed by atoms with van der Waals surface area (Å²) in [6.07, 6.45) is 9.13. The molecule has 2 heterocycles. The number of nitrogens with zero attached hydrogens (tertiary/aromatic N) is 2. The molecule has 0 aliphatic carbocycles. The lowest BCUT2D eigenvalue weighted by atomic mass is 10.1. The van der Waals surface area contributed by atoms with Crippen LogP contribution >= 0.6 is 0 Å². The van der Waals surface area contributed by atoms with Gasteiger partial charge in [-0.2, -0.15) is 0 Å². The third kappa shape index (κ3) is 37.1. The molecule has 12 heteroatoms. The number of Topliss-reactive ketones (excluding diaryl/α,β-unsaturated/α-hetero) is 2. The minimum Gasteiger partial charge on any atom is -0.465 e. The van der Waals surface area contributed by atoms with Gasteiger partial charge in [0.05, 0.1) is 24.6 Å². The fourth-order valence-corrected chi connectivity index (χ4v) is 4.42. The lowest BCUT2D eigenvalue weighted by Crippen LogP contribution is -2.29. The van der Waals surface area contributed by atoms with E-state index in [1.54, 1.807) is 49.4 Å². The molecule has 12 nitrogen and oxygen atoms in total. The average Bonchev–Trinajstić information content (AvgIpc) is 3.88. The monoisotopic (exact) mass is 995 g/mol. The molecule has 0 saturated carbocycles. The zero-order chi connectivity index (χ0) is 54.5. The molecule has 0 spiro atoms. The van der Waals surface area contributed by atoms with Gasteiger partial charge in [-0.3, -0.25) is 28.8 Å². The molecular weight excluding hydrogens is 909 g/mol. The molecule has 0 radical (unpaired) electrons. The number of esters is 1. The quantitative estimate of drug-likeness (QED) is 0.0469. The van der Waals surface area contributed by atoms with Crippen molar-refractivity contribution in [1.29, 1.82) is 0 Å². The second-order valence-corrected chi connectivity index (χ2v) is 13.2. The Labute approximate surface area is 433 Å². The second-order valence-electron chi connectivity index (χ2n) is 13.2. The maximum Gasteiger partial charge on any atom is 0.338 e. The van der Waals surface area contributed by atoms with Gasteiger partial charge < -0.3 is 15.7 Å². The highest BCUT2D eigenvalue weighted by atomic mass is 16.5. The molecule has 0 unspecified atom stereocenters. The van der Waals surface area contributed by atoms with Crippen LogP contribution in [-0.4, -0.2) is 59.2 Å². The molecule has 0 aromatic heterocycles. The number of imide groups is 2. The van der Waals surface area contributed by atoms with E-state index in [0.29, 0.717) is 16.9 Å². The number of methoxy groups -OCH3 is 1. The zero-order valence-corrected chi connectivity index (χ0v) is 44.8. The number of aryl methyl sites for hydroxylation is 4. The summed E-state index contributed by atoms with van der Waals surface area (Å²) in [5, 5.41) is 0. The first kappa shape index (κ1) is 81.1. The van der Waals surface area contributed by atoms with Gasteiger partial charge in [-0.05, 0) is 84.9 Å². The van der Waals surface area contributed by atoms with Crippen LogP contribution in [0.3, 0.4) is 0 Å². The number of carbonyl (C=O) groups excluding carboxylic acids is 7. The molecule has 4 aromatic carbocycles. The summed E-state index contributed by atoms with van der Waals surface area (Å²) >= 11 is 0. The number of allylic oxidation sites excluding steroid dienone is 1. The van der Waals surface area contributed by atoms with Gasteiger partial charge in [-0.15, -0.1) is 38.6 Å². The van der Waals surface area contributed by atoms with Crippen molar-refractivity contribution in [3.8, 4) is 0 Å². The number of rotatable bonds is 5. The van der Waals surface area contributed by atoms with Crippen molar-refractivity contribution in [1.82, 2.24) is 0 Å². The van der Waals surface area contributed by atoms with E-state index in [-0.39, 0.29) is 53.6 Å². The van der Waals surface area contributed by atoms with E-state index in [1.807, 2.05) is 84.9 Å². The van der Waals surface area contributed by atoms with Crippen LogP contribution < -0.4 is 9.80 Å². The largest absolute Gasteiger partial charge is 0.465 e. The molecule has 72 heavy (non-hydrogen) atoms. The Morgan fingerprint density at radius 2 is 0.722 bits per heavy atom. The summed E-state index contributed by atoms with van der Waals surface area (Å²) in [5.41, 5.74) is 9.64. The van der Waals surface area contributed by atoms with Gasteiger partial charge in [0.1, 0.15) is 0 Å². The van der Waals surface area contributed by atoms with Crippen molar-refractivity contribution in [3.63, 3.8) is 0 Å². The third-order valence-corrected chi connectivity index (χ3v) is 7.54. The highest BCUT2D eigenvalue weighted by molar-refractivity contribution is 6.28. The number of hydrogen-bond donors (Lipinski definition) is 0. The number of ether oxygens (including phenoxy) is 1. The van der Waals surface area contributed by atoms with E-state index in [9.17, 15) is 33.6 Å². The van der Waals surface area contributed by atoms with Crippen molar-refractivity contribution in [2.45, 2.75) is 104 Å². The average molecular weight is 995 g/mol. The van der Waals surface area contributed by atoms with E-state index in [4.69, 9.17) is 0 Å². The van der Waals surface area contributed by atoms with Gasteiger partial charge in [0, 0.05) is 35.4 Å². The molecule has 0 saturated heterocycles. The Morgan fingerprint density at radius 3 is 0.917 bits per heavy atom. The molecule has 4 aromatic rings. The summed E-state index contributed by atoms with van der Waals surface area (Å²) in [5.74, 6) is -1.63. The first-order valence-electron chi connectivity index (χ1n) is 22.3. The van der Waals surface area contributed by atoms with Crippen LogP contribution in [-0.2, 0) is 28.7 Å². The summed E-state index contributed by atoms with van der Waals surface area (Å²) in [7, 11) is 1.30. The van der Waals surface area contributed by atoms with Gasteiger partial charge in [0.25, 0.3) is 23.6 Å². The Balaban J connectivity index is -0.000000113. The van der Waals surface area contributed by atoms with Gasteiger partial charge in [-0.1, -0.05) is 151 Å². The molecule has 6 rings (SSSR count). The highest BCUT2D eigenvalue weighted by Gasteiger charge is 2.25. The first-order chi connectivity index (χ1) is 32.9. The van der Waals surface area contributed by atoms with Gasteiger partial charge in [-0.25, -0.2) is 14.6 Å². The minimum absolute atomic E-state index is 0. The molecule has 4 amide bonds. The summed E-state index contributed by atoms with van der Waals surface area (Å²) in [6.45, 7) is 43.9. The number of carbonyl (C=O) groups is 7. The number of hydrogen-bond acceptors (Lipinski definition) is 8. The van der Waals surface area contributed by atoms with Crippen molar-refractivity contribution in [2.75, 3.05) is 16.9 Å². The SMILES string of the molecule is C.C=C.C=C.C=C=CC(=O)OC.C=CC.CC.CC.CC(=O)c1ccc(C)cc1.CC(=O)c1ccc(N2C(=O)C=CC2=O)cc1.CCC.Cc1ccc(C)cc1.Cc1ccc(N2C(=O)C=CC2=O)cc1.O.O. The van der Waals surface area contributed by atoms with Crippen molar-refractivity contribution in [3.05, 3.63) is 212 Å². The molecule has 0 atom stereocenters. The topological polar surface area (TPSA) is 198 Å². The third-order valence-electron chi connectivity index (χ3n) is 7.54. The summed E-state index contributed by atoms with van der Waals surface area (Å²) in [6, 6.07) is 29.7. The number of ketones is 2. The van der Waals surface area contributed by atoms with Crippen molar-refractivity contribution < 1.29 is 49.3 Å².